The fraction of sp³-hybridized carbons (Fsp3) is 0.500. The number of aromatic nitrogens is 4. The molecule has 0 atom stereocenters. The third kappa shape index (κ3) is 1.87. The van der Waals surface area contributed by atoms with E-state index in [-0.39, 0.29) is 10.9 Å². The highest BCUT2D eigenvalue weighted by molar-refractivity contribution is 8.13. The lowest BCUT2D eigenvalue weighted by Crippen LogP contribution is -2.14. The number of halogens is 1. The second-order valence-electron chi connectivity index (χ2n) is 4.49. The first-order valence-electron chi connectivity index (χ1n) is 5.64. The molecule has 0 N–H and O–H groups in total. The molecule has 0 aliphatic heterocycles. The molecule has 0 unspecified atom stereocenters. The quantitative estimate of drug-likeness (QED) is 0.784. The van der Waals surface area contributed by atoms with Crippen molar-refractivity contribution in [3.63, 3.8) is 0 Å². The molecule has 3 rings (SSSR count). The van der Waals surface area contributed by atoms with Crippen LogP contribution in [0.25, 0.3) is 5.78 Å². The van der Waals surface area contributed by atoms with E-state index in [4.69, 9.17) is 10.7 Å². The molecular formula is C10H11ClN4O2S. The fourth-order valence-electron chi connectivity index (χ4n) is 2.09. The third-order valence-corrected chi connectivity index (χ3v) is 4.21. The maximum Gasteiger partial charge on any atom is 0.298 e. The number of fused-ring (bicyclic) bond motifs is 1. The van der Waals surface area contributed by atoms with Crippen molar-refractivity contribution in [1.29, 1.82) is 0 Å². The summed E-state index contributed by atoms with van der Waals surface area (Å²) in [5, 5.41) is 3.56. The summed E-state index contributed by atoms with van der Waals surface area (Å²) in [7, 11) is 1.34. The van der Waals surface area contributed by atoms with Gasteiger partial charge in [-0.1, -0.05) is 6.42 Å². The Bertz CT molecular complexity index is 721. The van der Waals surface area contributed by atoms with Gasteiger partial charge in [-0.3, -0.25) is 0 Å². The smallest absolute Gasteiger partial charge is 0.216 e. The molecule has 1 aliphatic rings. The molecule has 2 aromatic rings. The molecule has 18 heavy (non-hydrogen) atoms. The summed E-state index contributed by atoms with van der Waals surface area (Å²) in [5.74, 6) is 0.693. The molecule has 8 heteroatoms. The standard InChI is InChI=1S/C10H11ClN4O2S/c1-6-5-8(7-3-2-4-7)15-9(12-6)13-10(14-15)18(11,16)17/h5,7H,2-4H2,1H3. The SMILES string of the molecule is Cc1cc(C2CCC2)n2nc(S(=O)(=O)Cl)nc2n1. The zero-order valence-corrected chi connectivity index (χ0v) is 11.2. The summed E-state index contributed by atoms with van der Waals surface area (Å²) in [5.41, 5.74) is 1.76. The van der Waals surface area contributed by atoms with Crippen LogP contribution in [0.1, 0.15) is 36.6 Å². The Balaban J connectivity index is 2.25. The first-order chi connectivity index (χ1) is 8.45. The van der Waals surface area contributed by atoms with E-state index in [2.05, 4.69) is 15.1 Å². The maximum absolute atomic E-state index is 11.3. The number of hydrogen-bond donors (Lipinski definition) is 0. The van der Waals surface area contributed by atoms with Crippen LogP contribution in [-0.2, 0) is 9.05 Å². The zero-order chi connectivity index (χ0) is 12.9. The molecule has 0 radical (unpaired) electrons. The Morgan fingerprint density at radius 1 is 1.39 bits per heavy atom. The number of rotatable bonds is 2. The normalized spacial score (nSPS) is 17.0. The van der Waals surface area contributed by atoms with Gasteiger partial charge in [0.2, 0.25) is 0 Å². The van der Waals surface area contributed by atoms with E-state index in [1.807, 2.05) is 13.0 Å². The van der Waals surface area contributed by atoms with E-state index in [1.54, 1.807) is 0 Å². The minimum Gasteiger partial charge on any atom is -0.216 e. The third-order valence-electron chi connectivity index (χ3n) is 3.19. The van der Waals surface area contributed by atoms with Gasteiger partial charge in [-0.2, -0.15) is 9.50 Å². The van der Waals surface area contributed by atoms with Crippen LogP contribution in [0.4, 0.5) is 0 Å². The van der Waals surface area contributed by atoms with E-state index >= 15 is 0 Å². The summed E-state index contributed by atoms with van der Waals surface area (Å²) in [6.45, 7) is 1.85. The van der Waals surface area contributed by atoms with Crippen LogP contribution in [0.3, 0.4) is 0 Å². The predicted octanol–water partition coefficient (Wildman–Crippen LogP) is 1.63. The Kier molecular flexibility index (Phi) is 2.56. The van der Waals surface area contributed by atoms with Crippen LogP contribution in [-0.4, -0.2) is 28.0 Å². The van der Waals surface area contributed by atoms with Crippen molar-refractivity contribution < 1.29 is 8.42 Å². The Morgan fingerprint density at radius 3 is 2.67 bits per heavy atom. The van der Waals surface area contributed by atoms with Gasteiger partial charge in [0, 0.05) is 22.3 Å². The van der Waals surface area contributed by atoms with Crippen molar-refractivity contribution >= 4 is 25.5 Å². The Labute approximate surface area is 108 Å². The minimum atomic E-state index is -3.92. The number of hydrogen-bond acceptors (Lipinski definition) is 5. The molecular weight excluding hydrogens is 276 g/mol. The molecule has 2 heterocycles. The van der Waals surface area contributed by atoms with Gasteiger partial charge in [-0.05, 0) is 25.8 Å². The lowest BCUT2D eigenvalue weighted by Gasteiger charge is -2.25. The Hall–Kier alpha value is -1.21. The fourth-order valence-corrected chi connectivity index (χ4v) is 2.66. The molecule has 96 valence electrons. The summed E-state index contributed by atoms with van der Waals surface area (Å²) < 4.78 is 24.0. The van der Waals surface area contributed by atoms with E-state index in [9.17, 15) is 8.42 Å². The van der Waals surface area contributed by atoms with Crippen molar-refractivity contribution in [3.8, 4) is 0 Å². The first kappa shape index (κ1) is 11.9. The molecule has 0 aromatic carbocycles. The monoisotopic (exact) mass is 286 g/mol. The van der Waals surface area contributed by atoms with Gasteiger partial charge in [0.05, 0.1) is 5.69 Å². The lowest BCUT2D eigenvalue weighted by atomic mass is 9.82. The lowest BCUT2D eigenvalue weighted by molar-refractivity contribution is 0.403. The van der Waals surface area contributed by atoms with E-state index in [0.29, 0.717) is 5.92 Å². The van der Waals surface area contributed by atoms with Gasteiger partial charge in [-0.15, -0.1) is 5.10 Å². The molecule has 1 saturated carbocycles. The maximum atomic E-state index is 11.3. The van der Waals surface area contributed by atoms with Crippen molar-refractivity contribution in [2.24, 2.45) is 0 Å². The average Bonchev–Trinajstić information content (AvgIpc) is 2.57. The van der Waals surface area contributed by atoms with Crippen LogP contribution in [0.2, 0.25) is 0 Å². The molecule has 1 aliphatic carbocycles. The van der Waals surface area contributed by atoms with Crippen LogP contribution in [0.15, 0.2) is 11.2 Å². The van der Waals surface area contributed by atoms with Crippen LogP contribution in [0.5, 0.6) is 0 Å². The van der Waals surface area contributed by atoms with E-state index in [1.165, 1.54) is 10.9 Å². The van der Waals surface area contributed by atoms with Crippen LogP contribution in [0, 0.1) is 6.92 Å². The zero-order valence-electron chi connectivity index (χ0n) is 9.67. The first-order valence-corrected chi connectivity index (χ1v) is 7.95. The summed E-state index contributed by atoms with van der Waals surface area (Å²) in [6, 6.07) is 1.93. The second-order valence-corrected chi connectivity index (χ2v) is 6.95. The summed E-state index contributed by atoms with van der Waals surface area (Å²) in [6.07, 6.45) is 3.35. The molecule has 0 bridgehead atoms. The molecule has 0 spiro atoms. The van der Waals surface area contributed by atoms with Gasteiger partial charge in [0.15, 0.2) is 0 Å². The molecule has 0 amide bonds. The van der Waals surface area contributed by atoms with Gasteiger partial charge >= 0.3 is 0 Å². The van der Waals surface area contributed by atoms with Crippen LogP contribution < -0.4 is 0 Å². The molecule has 1 fully saturated rings. The summed E-state index contributed by atoms with van der Waals surface area (Å²) >= 11 is 0. The summed E-state index contributed by atoms with van der Waals surface area (Å²) in [4.78, 5) is 8.04. The van der Waals surface area contributed by atoms with Crippen molar-refractivity contribution in [2.75, 3.05) is 0 Å². The molecule has 2 aromatic heterocycles. The predicted molar refractivity (Wildman–Crippen MR) is 65.1 cm³/mol. The number of nitrogens with zero attached hydrogens (tertiary/aromatic N) is 4. The highest BCUT2D eigenvalue weighted by Gasteiger charge is 2.26. The van der Waals surface area contributed by atoms with Crippen molar-refractivity contribution in [3.05, 3.63) is 17.5 Å². The highest BCUT2D eigenvalue weighted by Crippen LogP contribution is 2.36. The van der Waals surface area contributed by atoms with E-state index in [0.717, 1.165) is 24.2 Å². The van der Waals surface area contributed by atoms with Crippen molar-refractivity contribution in [1.82, 2.24) is 19.6 Å². The van der Waals surface area contributed by atoms with Crippen LogP contribution >= 0.6 is 10.7 Å². The van der Waals surface area contributed by atoms with Gasteiger partial charge < -0.3 is 0 Å². The van der Waals surface area contributed by atoms with Gasteiger partial charge in [0.25, 0.3) is 20.0 Å². The Morgan fingerprint density at radius 2 is 2.11 bits per heavy atom. The van der Waals surface area contributed by atoms with Gasteiger partial charge in [0.1, 0.15) is 0 Å². The van der Waals surface area contributed by atoms with E-state index < -0.39 is 9.05 Å². The largest absolute Gasteiger partial charge is 0.298 e. The van der Waals surface area contributed by atoms with Crippen molar-refractivity contribution in [2.45, 2.75) is 37.3 Å². The number of aryl methyl sites for hydroxylation is 1. The molecule has 0 saturated heterocycles. The minimum absolute atomic E-state index is 0.288. The molecule has 6 nitrogen and oxygen atoms in total. The second kappa shape index (κ2) is 3.89. The topological polar surface area (TPSA) is 77.2 Å². The van der Waals surface area contributed by atoms with Gasteiger partial charge in [-0.25, -0.2) is 13.4 Å². The highest BCUT2D eigenvalue weighted by atomic mass is 35.7. The average molecular weight is 287 g/mol.